The van der Waals surface area contributed by atoms with Gasteiger partial charge in [0, 0.05) is 25.7 Å². The highest BCUT2D eigenvalue weighted by molar-refractivity contribution is 7.89. The molecule has 5 nitrogen and oxygen atoms in total. The molecule has 1 aliphatic heterocycles. The first-order chi connectivity index (χ1) is 9.50. The van der Waals surface area contributed by atoms with E-state index in [4.69, 9.17) is 4.74 Å². The van der Waals surface area contributed by atoms with Gasteiger partial charge in [-0.3, -0.25) is 0 Å². The molecule has 1 heterocycles. The molecular weight excluding hydrogens is 283 g/mol. The first-order valence-corrected chi connectivity index (χ1v) is 8.19. The third-order valence-electron chi connectivity index (χ3n) is 3.23. The Morgan fingerprint density at radius 2 is 2.20 bits per heavy atom. The quantitative estimate of drug-likeness (QED) is 0.875. The first kappa shape index (κ1) is 15.2. The van der Waals surface area contributed by atoms with E-state index in [0.717, 1.165) is 0 Å². The fourth-order valence-corrected chi connectivity index (χ4v) is 3.69. The standard InChI is InChI=1S/C13H19FN2O3S/c1-11-10-15-6-7-16(11)20(17,18)9-8-19-13-5-3-2-4-12(13)14/h2-5,11,15H,6-10H2,1H3/t11-/m1/s1. The topological polar surface area (TPSA) is 58.6 Å². The minimum Gasteiger partial charge on any atom is -0.489 e. The predicted molar refractivity (Wildman–Crippen MR) is 74.7 cm³/mol. The summed E-state index contributed by atoms with van der Waals surface area (Å²) < 4.78 is 44.4. The van der Waals surface area contributed by atoms with Crippen LogP contribution in [0.2, 0.25) is 0 Å². The highest BCUT2D eigenvalue weighted by Crippen LogP contribution is 2.16. The van der Waals surface area contributed by atoms with Gasteiger partial charge in [0.1, 0.15) is 6.61 Å². The molecule has 0 saturated carbocycles. The highest BCUT2D eigenvalue weighted by atomic mass is 32.2. The van der Waals surface area contributed by atoms with Crippen LogP contribution < -0.4 is 10.1 Å². The Kier molecular flexibility index (Phi) is 4.95. The monoisotopic (exact) mass is 302 g/mol. The lowest BCUT2D eigenvalue weighted by Gasteiger charge is -2.32. The Hall–Kier alpha value is -1.18. The molecule has 0 amide bonds. The lowest BCUT2D eigenvalue weighted by Crippen LogP contribution is -2.53. The van der Waals surface area contributed by atoms with Crippen molar-refractivity contribution < 1.29 is 17.5 Å². The molecule has 0 radical (unpaired) electrons. The number of halogens is 1. The second-order valence-electron chi connectivity index (χ2n) is 4.76. The van der Waals surface area contributed by atoms with Gasteiger partial charge >= 0.3 is 0 Å². The average Bonchev–Trinajstić information content (AvgIpc) is 2.41. The van der Waals surface area contributed by atoms with Crippen molar-refractivity contribution in [3.8, 4) is 5.75 Å². The van der Waals surface area contributed by atoms with Crippen molar-refractivity contribution in [2.75, 3.05) is 32.0 Å². The van der Waals surface area contributed by atoms with Crippen LogP contribution in [0, 0.1) is 5.82 Å². The van der Waals surface area contributed by atoms with Crippen molar-refractivity contribution in [1.29, 1.82) is 0 Å². The Morgan fingerprint density at radius 1 is 1.45 bits per heavy atom. The van der Waals surface area contributed by atoms with E-state index in [1.54, 1.807) is 12.1 Å². The van der Waals surface area contributed by atoms with E-state index in [0.29, 0.717) is 19.6 Å². The van der Waals surface area contributed by atoms with Crippen LogP contribution in [0.1, 0.15) is 6.92 Å². The molecule has 0 bridgehead atoms. The molecule has 1 aromatic carbocycles. The Morgan fingerprint density at radius 3 is 2.90 bits per heavy atom. The second-order valence-corrected chi connectivity index (χ2v) is 6.80. The van der Waals surface area contributed by atoms with E-state index >= 15 is 0 Å². The largest absolute Gasteiger partial charge is 0.489 e. The van der Waals surface area contributed by atoms with Gasteiger partial charge in [-0.1, -0.05) is 12.1 Å². The summed E-state index contributed by atoms with van der Waals surface area (Å²) in [6.45, 7) is 3.57. The van der Waals surface area contributed by atoms with Gasteiger partial charge in [-0.05, 0) is 19.1 Å². The summed E-state index contributed by atoms with van der Waals surface area (Å²) in [5.74, 6) is -0.553. The fourth-order valence-electron chi connectivity index (χ4n) is 2.17. The van der Waals surface area contributed by atoms with Crippen molar-refractivity contribution >= 4 is 10.0 Å². The van der Waals surface area contributed by atoms with Crippen LogP contribution in [0.15, 0.2) is 24.3 Å². The van der Waals surface area contributed by atoms with E-state index < -0.39 is 15.8 Å². The lowest BCUT2D eigenvalue weighted by molar-refractivity contribution is 0.276. The Balaban J connectivity index is 1.91. The summed E-state index contributed by atoms with van der Waals surface area (Å²) in [7, 11) is -3.37. The van der Waals surface area contributed by atoms with Crippen LogP contribution in [0.5, 0.6) is 5.75 Å². The second kappa shape index (κ2) is 6.51. The average molecular weight is 302 g/mol. The number of ether oxygens (including phenoxy) is 1. The molecule has 1 fully saturated rings. The molecule has 1 N–H and O–H groups in total. The zero-order valence-corrected chi connectivity index (χ0v) is 12.2. The molecule has 0 aromatic heterocycles. The molecule has 7 heteroatoms. The number of benzene rings is 1. The molecule has 20 heavy (non-hydrogen) atoms. The molecule has 1 saturated heterocycles. The van der Waals surface area contributed by atoms with Gasteiger partial charge in [-0.2, -0.15) is 4.31 Å². The summed E-state index contributed by atoms with van der Waals surface area (Å²) in [6, 6.07) is 5.90. The van der Waals surface area contributed by atoms with Crippen LogP contribution in [-0.2, 0) is 10.0 Å². The number of piperazine rings is 1. The molecule has 0 spiro atoms. The van der Waals surface area contributed by atoms with Gasteiger partial charge in [-0.15, -0.1) is 0 Å². The van der Waals surface area contributed by atoms with E-state index in [1.165, 1.54) is 16.4 Å². The summed E-state index contributed by atoms with van der Waals surface area (Å²) in [5.41, 5.74) is 0. The number of nitrogens with one attached hydrogen (secondary N) is 1. The van der Waals surface area contributed by atoms with Crippen molar-refractivity contribution in [2.24, 2.45) is 0 Å². The van der Waals surface area contributed by atoms with E-state index in [1.807, 2.05) is 6.92 Å². The van der Waals surface area contributed by atoms with Crippen LogP contribution in [0.25, 0.3) is 0 Å². The SMILES string of the molecule is C[C@@H]1CNCCN1S(=O)(=O)CCOc1ccccc1F. The summed E-state index contributed by atoms with van der Waals surface area (Å²) in [5, 5.41) is 3.14. The van der Waals surface area contributed by atoms with Crippen molar-refractivity contribution in [2.45, 2.75) is 13.0 Å². The van der Waals surface area contributed by atoms with Crippen LogP contribution in [-0.4, -0.2) is 50.8 Å². The third kappa shape index (κ3) is 3.68. The molecule has 112 valence electrons. The minimum absolute atomic E-state index is 0.0556. The highest BCUT2D eigenvalue weighted by Gasteiger charge is 2.29. The van der Waals surface area contributed by atoms with Gasteiger partial charge in [-0.25, -0.2) is 12.8 Å². The molecule has 2 rings (SSSR count). The summed E-state index contributed by atoms with van der Waals surface area (Å²) >= 11 is 0. The maximum atomic E-state index is 13.3. The van der Waals surface area contributed by atoms with Gasteiger partial charge in [0.15, 0.2) is 11.6 Å². The molecule has 1 aromatic rings. The number of rotatable bonds is 5. The first-order valence-electron chi connectivity index (χ1n) is 6.58. The minimum atomic E-state index is -3.37. The van der Waals surface area contributed by atoms with E-state index in [9.17, 15) is 12.8 Å². The summed E-state index contributed by atoms with van der Waals surface area (Å²) in [6.07, 6.45) is 0. The maximum absolute atomic E-state index is 13.3. The van der Waals surface area contributed by atoms with E-state index in [-0.39, 0.29) is 24.2 Å². The molecule has 1 aliphatic rings. The zero-order chi connectivity index (χ0) is 14.6. The van der Waals surface area contributed by atoms with Crippen LogP contribution in [0.3, 0.4) is 0 Å². The predicted octanol–water partition coefficient (Wildman–Crippen LogP) is 0.828. The van der Waals surface area contributed by atoms with Crippen molar-refractivity contribution in [1.82, 2.24) is 9.62 Å². The van der Waals surface area contributed by atoms with Crippen LogP contribution in [0.4, 0.5) is 4.39 Å². The van der Waals surface area contributed by atoms with Gasteiger partial charge in [0.2, 0.25) is 10.0 Å². The molecule has 0 unspecified atom stereocenters. The lowest BCUT2D eigenvalue weighted by atomic mass is 10.3. The smallest absolute Gasteiger partial charge is 0.217 e. The van der Waals surface area contributed by atoms with Crippen molar-refractivity contribution in [3.63, 3.8) is 0 Å². The van der Waals surface area contributed by atoms with Crippen LogP contribution >= 0.6 is 0 Å². The van der Waals surface area contributed by atoms with Gasteiger partial charge < -0.3 is 10.1 Å². The third-order valence-corrected chi connectivity index (χ3v) is 5.17. The number of hydrogen-bond acceptors (Lipinski definition) is 4. The number of nitrogens with zero attached hydrogens (tertiary/aromatic N) is 1. The number of para-hydroxylation sites is 1. The normalized spacial score (nSPS) is 20.8. The van der Waals surface area contributed by atoms with E-state index in [2.05, 4.69) is 5.32 Å². The fraction of sp³-hybridized carbons (Fsp3) is 0.538. The maximum Gasteiger partial charge on any atom is 0.217 e. The Labute approximate surface area is 118 Å². The van der Waals surface area contributed by atoms with Crippen molar-refractivity contribution in [3.05, 3.63) is 30.1 Å². The number of hydrogen-bond donors (Lipinski definition) is 1. The molecule has 1 atom stereocenters. The molecule has 0 aliphatic carbocycles. The summed E-state index contributed by atoms with van der Waals surface area (Å²) in [4.78, 5) is 0. The Bertz CT molecular complexity index is 550. The van der Waals surface area contributed by atoms with Gasteiger partial charge in [0.05, 0.1) is 5.75 Å². The zero-order valence-electron chi connectivity index (χ0n) is 11.4. The molecular formula is C13H19FN2O3S. The number of sulfonamides is 1. The van der Waals surface area contributed by atoms with Gasteiger partial charge in [0.25, 0.3) is 0 Å².